The molecule has 0 aromatic heterocycles. The fourth-order valence-corrected chi connectivity index (χ4v) is 1.41. The normalized spacial score (nSPS) is 12.4. The molecule has 76 valence electrons. The summed E-state index contributed by atoms with van der Waals surface area (Å²) in [7, 11) is 0. The summed E-state index contributed by atoms with van der Waals surface area (Å²) in [6.07, 6.45) is 1.84. The Morgan fingerprint density at radius 2 is 2.00 bits per heavy atom. The van der Waals surface area contributed by atoms with Gasteiger partial charge in [-0.1, -0.05) is 27.5 Å². The van der Waals surface area contributed by atoms with Gasteiger partial charge in [-0.05, 0) is 39.0 Å². The Morgan fingerprint density at radius 1 is 1.36 bits per heavy atom. The fraction of sp³-hybridized carbons (Fsp3) is 0.364. The second kappa shape index (κ2) is 4.45. The van der Waals surface area contributed by atoms with E-state index in [-0.39, 0.29) is 5.54 Å². The average molecular weight is 275 g/mol. The Morgan fingerprint density at radius 3 is 2.57 bits per heavy atom. The molecule has 0 bridgehead atoms. The highest BCUT2D eigenvalue weighted by Crippen LogP contribution is 2.20. The minimum atomic E-state index is -0.0538. The number of halogens is 2. The van der Waals surface area contributed by atoms with Gasteiger partial charge in [0.25, 0.3) is 0 Å². The van der Waals surface area contributed by atoms with E-state index in [9.17, 15) is 0 Å². The lowest BCUT2D eigenvalue weighted by molar-refractivity contribution is 0.586. The summed E-state index contributed by atoms with van der Waals surface area (Å²) < 4.78 is 1.01. The standard InChI is InChI=1S/C11H13BrClN/c1-11(2,3)14-7-8-6-9(13)4-5-10(8)12/h4-7H,1-3H3. The van der Waals surface area contributed by atoms with Crippen LogP contribution in [0.2, 0.25) is 5.02 Å². The highest BCUT2D eigenvalue weighted by atomic mass is 79.9. The molecule has 0 saturated heterocycles. The van der Waals surface area contributed by atoms with Crippen LogP contribution in [-0.4, -0.2) is 11.8 Å². The molecule has 0 radical (unpaired) electrons. The summed E-state index contributed by atoms with van der Waals surface area (Å²) >= 11 is 9.33. The number of hydrogen-bond donors (Lipinski definition) is 0. The second-order valence-corrected chi connectivity index (χ2v) is 5.39. The lowest BCUT2D eigenvalue weighted by Crippen LogP contribution is -2.09. The molecule has 0 unspecified atom stereocenters. The third kappa shape index (κ3) is 3.81. The first kappa shape index (κ1) is 11.7. The zero-order chi connectivity index (χ0) is 10.8. The molecular formula is C11H13BrClN. The third-order valence-electron chi connectivity index (χ3n) is 1.55. The van der Waals surface area contributed by atoms with Crippen molar-refractivity contribution < 1.29 is 0 Å². The summed E-state index contributed by atoms with van der Waals surface area (Å²) in [5.74, 6) is 0. The van der Waals surface area contributed by atoms with Gasteiger partial charge in [0.2, 0.25) is 0 Å². The van der Waals surface area contributed by atoms with Crippen molar-refractivity contribution in [2.45, 2.75) is 26.3 Å². The van der Waals surface area contributed by atoms with Crippen molar-refractivity contribution >= 4 is 33.7 Å². The van der Waals surface area contributed by atoms with Gasteiger partial charge >= 0.3 is 0 Å². The van der Waals surface area contributed by atoms with Gasteiger partial charge in [0.05, 0.1) is 5.54 Å². The molecule has 0 atom stereocenters. The number of rotatable bonds is 1. The van der Waals surface area contributed by atoms with Gasteiger partial charge in [0.15, 0.2) is 0 Å². The van der Waals surface area contributed by atoms with Gasteiger partial charge in [-0.25, -0.2) is 0 Å². The van der Waals surface area contributed by atoms with E-state index in [0.717, 1.165) is 15.1 Å². The van der Waals surface area contributed by atoms with Crippen LogP contribution < -0.4 is 0 Å². The van der Waals surface area contributed by atoms with Crippen LogP contribution in [0.25, 0.3) is 0 Å². The molecule has 14 heavy (non-hydrogen) atoms. The molecule has 0 fully saturated rings. The van der Waals surface area contributed by atoms with E-state index in [0.29, 0.717) is 0 Å². The fourth-order valence-electron chi connectivity index (χ4n) is 0.877. The van der Waals surface area contributed by atoms with Crippen LogP contribution in [-0.2, 0) is 0 Å². The van der Waals surface area contributed by atoms with Crippen LogP contribution in [0.1, 0.15) is 26.3 Å². The first-order valence-electron chi connectivity index (χ1n) is 4.39. The van der Waals surface area contributed by atoms with Gasteiger partial charge in [0.1, 0.15) is 0 Å². The van der Waals surface area contributed by atoms with Crippen molar-refractivity contribution in [2.75, 3.05) is 0 Å². The molecule has 1 aromatic carbocycles. The summed E-state index contributed by atoms with van der Waals surface area (Å²) in [6.45, 7) is 6.17. The van der Waals surface area contributed by atoms with Crippen molar-refractivity contribution in [3.63, 3.8) is 0 Å². The van der Waals surface area contributed by atoms with E-state index in [4.69, 9.17) is 11.6 Å². The van der Waals surface area contributed by atoms with Crippen molar-refractivity contribution in [3.8, 4) is 0 Å². The molecule has 3 heteroatoms. The minimum absolute atomic E-state index is 0.0538. The van der Waals surface area contributed by atoms with E-state index in [1.54, 1.807) is 0 Å². The van der Waals surface area contributed by atoms with Crippen LogP contribution in [0.4, 0.5) is 0 Å². The second-order valence-electron chi connectivity index (χ2n) is 4.09. The molecular weight excluding hydrogens is 261 g/mol. The quantitative estimate of drug-likeness (QED) is 0.676. The molecule has 1 rings (SSSR count). The number of aliphatic imine (C=N–C) groups is 1. The maximum Gasteiger partial charge on any atom is 0.0524 e. The topological polar surface area (TPSA) is 12.4 Å². The molecule has 0 aliphatic rings. The average Bonchev–Trinajstić information content (AvgIpc) is 2.05. The Balaban J connectivity index is 2.97. The van der Waals surface area contributed by atoms with E-state index in [1.165, 1.54) is 0 Å². The summed E-state index contributed by atoms with van der Waals surface area (Å²) in [5.41, 5.74) is 0.953. The summed E-state index contributed by atoms with van der Waals surface area (Å²) in [5, 5.41) is 0.726. The largest absolute Gasteiger partial charge is 0.287 e. The van der Waals surface area contributed by atoms with Crippen LogP contribution >= 0.6 is 27.5 Å². The van der Waals surface area contributed by atoms with Gasteiger partial charge in [-0.3, -0.25) is 4.99 Å². The summed E-state index contributed by atoms with van der Waals surface area (Å²) in [4.78, 5) is 4.42. The number of benzene rings is 1. The van der Waals surface area contributed by atoms with E-state index >= 15 is 0 Å². The van der Waals surface area contributed by atoms with Gasteiger partial charge in [-0.15, -0.1) is 0 Å². The lowest BCUT2D eigenvalue weighted by atomic mass is 10.1. The SMILES string of the molecule is CC(C)(C)N=Cc1cc(Cl)ccc1Br. The molecule has 1 nitrogen and oxygen atoms in total. The highest BCUT2D eigenvalue weighted by Gasteiger charge is 2.05. The lowest BCUT2D eigenvalue weighted by Gasteiger charge is -2.11. The van der Waals surface area contributed by atoms with Crippen molar-refractivity contribution in [1.29, 1.82) is 0 Å². The molecule has 0 spiro atoms. The molecule has 1 aromatic rings. The van der Waals surface area contributed by atoms with Crippen molar-refractivity contribution in [1.82, 2.24) is 0 Å². The Labute approximate surface area is 98.3 Å². The zero-order valence-electron chi connectivity index (χ0n) is 8.51. The first-order chi connectivity index (χ1) is 6.38. The zero-order valence-corrected chi connectivity index (χ0v) is 10.9. The predicted molar refractivity (Wildman–Crippen MR) is 66.5 cm³/mol. The maximum absolute atomic E-state index is 5.88. The molecule has 0 N–H and O–H groups in total. The molecule has 0 aliphatic heterocycles. The van der Waals surface area contributed by atoms with Crippen molar-refractivity contribution in [3.05, 3.63) is 33.3 Å². The molecule has 0 heterocycles. The third-order valence-corrected chi connectivity index (χ3v) is 2.51. The Hall–Kier alpha value is -0.340. The molecule has 0 saturated carbocycles. The number of nitrogens with zero attached hydrogens (tertiary/aromatic N) is 1. The van der Waals surface area contributed by atoms with E-state index in [2.05, 4.69) is 41.7 Å². The van der Waals surface area contributed by atoms with Crippen molar-refractivity contribution in [2.24, 2.45) is 4.99 Å². The van der Waals surface area contributed by atoms with Gasteiger partial charge < -0.3 is 0 Å². The highest BCUT2D eigenvalue weighted by molar-refractivity contribution is 9.10. The predicted octanol–water partition coefficient (Wildman–Crippen LogP) is 4.32. The Kier molecular flexibility index (Phi) is 3.73. The summed E-state index contributed by atoms with van der Waals surface area (Å²) in [6, 6.07) is 5.66. The van der Waals surface area contributed by atoms with Gasteiger partial charge in [-0.2, -0.15) is 0 Å². The first-order valence-corrected chi connectivity index (χ1v) is 5.56. The number of hydrogen-bond acceptors (Lipinski definition) is 1. The van der Waals surface area contributed by atoms with Gasteiger partial charge in [0, 0.05) is 21.3 Å². The van der Waals surface area contributed by atoms with Crippen LogP contribution in [0.15, 0.2) is 27.7 Å². The monoisotopic (exact) mass is 273 g/mol. The van der Waals surface area contributed by atoms with Crippen LogP contribution in [0, 0.1) is 0 Å². The van der Waals surface area contributed by atoms with E-state index < -0.39 is 0 Å². The smallest absolute Gasteiger partial charge is 0.0524 e. The van der Waals surface area contributed by atoms with Crippen LogP contribution in [0.5, 0.6) is 0 Å². The molecule has 0 amide bonds. The molecule has 0 aliphatic carbocycles. The Bertz CT molecular complexity index is 353. The van der Waals surface area contributed by atoms with E-state index in [1.807, 2.05) is 24.4 Å². The maximum atomic E-state index is 5.88. The minimum Gasteiger partial charge on any atom is -0.287 e. The van der Waals surface area contributed by atoms with Crippen LogP contribution in [0.3, 0.4) is 0 Å².